The van der Waals surface area contributed by atoms with Gasteiger partial charge in [-0.2, -0.15) is 5.26 Å². The lowest BCUT2D eigenvalue weighted by molar-refractivity contribution is 0.103. The predicted octanol–water partition coefficient (Wildman–Crippen LogP) is 0.779. The van der Waals surface area contributed by atoms with Crippen LogP contribution in [0.2, 0.25) is 0 Å². The lowest BCUT2D eigenvalue weighted by atomic mass is 10.00. The van der Waals surface area contributed by atoms with E-state index < -0.39 is 22.6 Å². The summed E-state index contributed by atoms with van der Waals surface area (Å²) in [5, 5.41) is 19.2. The summed E-state index contributed by atoms with van der Waals surface area (Å²) < 4.78 is 1.73. The van der Waals surface area contributed by atoms with Gasteiger partial charge in [-0.1, -0.05) is 0 Å². The number of allylic oxidation sites excluding steroid dienone is 1. The predicted molar refractivity (Wildman–Crippen MR) is 96.8 cm³/mol. The Balaban J connectivity index is 2.68. The lowest BCUT2D eigenvalue weighted by Crippen LogP contribution is -2.41. The number of phenols is 1. The van der Waals surface area contributed by atoms with Gasteiger partial charge in [0.2, 0.25) is 5.78 Å². The Kier molecular flexibility index (Phi) is 4.84. The van der Waals surface area contributed by atoms with Crippen LogP contribution in [-0.4, -0.2) is 20.0 Å². The summed E-state index contributed by atoms with van der Waals surface area (Å²) in [6, 6.07) is 4.98. The molecule has 134 valence electrons. The highest BCUT2D eigenvalue weighted by atomic mass is 16.3. The van der Waals surface area contributed by atoms with E-state index in [1.807, 2.05) is 0 Å². The molecule has 0 unspecified atom stereocenters. The molecule has 0 spiro atoms. The molecule has 26 heavy (non-hydrogen) atoms. The number of aromatic nitrogens is 2. The van der Waals surface area contributed by atoms with Gasteiger partial charge in [-0.15, -0.1) is 0 Å². The van der Waals surface area contributed by atoms with E-state index in [1.165, 1.54) is 20.2 Å². The van der Waals surface area contributed by atoms with Crippen molar-refractivity contribution in [1.29, 1.82) is 5.26 Å². The number of benzene rings is 1. The Labute approximate surface area is 149 Å². The van der Waals surface area contributed by atoms with Gasteiger partial charge in [0, 0.05) is 14.1 Å². The number of anilines is 1. The third kappa shape index (κ3) is 3.02. The first-order valence-electron chi connectivity index (χ1n) is 7.62. The van der Waals surface area contributed by atoms with E-state index in [-0.39, 0.29) is 17.1 Å². The van der Waals surface area contributed by atoms with Gasteiger partial charge in [0.15, 0.2) is 0 Å². The molecule has 0 aliphatic carbocycles. The van der Waals surface area contributed by atoms with E-state index in [9.17, 15) is 24.8 Å². The van der Waals surface area contributed by atoms with Gasteiger partial charge in [0.25, 0.3) is 5.56 Å². The van der Waals surface area contributed by atoms with E-state index in [4.69, 9.17) is 5.73 Å². The van der Waals surface area contributed by atoms with Gasteiger partial charge in [0.05, 0.1) is 0 Å². The Hall–Kier alpha value is -3.60. The molecule has 0 saturated heterocycles. The molecule has 8 heteroatoms. The van der Waals surface area contributed by atoms with Gasteiger partial charge in [-0.3, -0.25) is 18.7 Å². The zero-order valence-corrected chi connectivity index (χ0v) is 14.8. The minimum absolute atomic E-state index is 0.128. The maximum absolute atomic E-state index is 12.7. The number of aromatic hydroxyl groups is 1. The van der Waals surface area contributed by atoms with Crippen LogP contribution in [0.3, 0.4) is 0 Å². The standard InChI is InChI=1S/C18H18N4O4/c1-9-5-11(6-10(2)14(9)23)7-12(8-19)15(24)13-16(20)21(3)18(26)22(4)17(13)25/h5-7,23H,20H2,1-4H3/b12-7+. The molecule has 0 amide bonds. The van der Waals surface area contributed by atoms with Crippen molar-refractivity contribution in [2.24, 2.45) is 14.1 Å². The number of nitrogens with two attached hydrogens (primary N) is 1. The molecule has 0 saturated carbocycles. The summed E-state index contributed by atoms with van der Waals surface area (Å²) >= 11 is 0. The molecule has 0 fully saturated rings. The number of carbonyl (C=O) groups is 1. The van der Waals surface area contributed by atoms with Crippen molar-refractivity contribution < 1.29 is 9.90 Å². The molecule has 2 rings (SSSR count). The maximum Gasteiger partial charge on any atom is 0.332 e. The smallest absolute Gasteiger partial charge is 0.332 e. The summed E-state index contributed by atoms with van der Waals surface area (Å²) in [5.74, 6) is -1.05. The van der Waals surface area contributed by atoms with Crippen molar-refractivity contribution in [1.82, 2.24) is 9.13 Å². The van der Waals surface area contributed by atoms with Crippen molar-refractivity contribution >= 4 is 17.7 Å². The van der Waals surface area contributed by atoms with Crippen molar-refractivity contribution in [2.75, 3.05) is 5.73 Å². The minimum atomic E-state index is -0.871. The molecular formula is C18H18N4O4. The zero-order valence-electron chi connectivity index (χ0n) is 14.8. The van der Waals surface area contributed by atoms with Crippen molar-refractivity contribution in [3.8, 4) is 11.8 Å². The Bertz CT molecular complexity index is 1090. The lowest BCUT2D eigenvalue weighted by Gasteiger charge is -2.10. The van der Waals surface area contributed by atoms with Crippen molar-refractivity contribution in [2.45, 2.75) is 13.8 Å². The van der Waals surface area contributed by atoms with Crippen LogP contribution in [0, 0.1) is 25.2 Å². The second-order valence-electron chi connectivity index (χ2n) is 5.97. The average molecular weight is 354 g/mol. The highest BCUT2D eigenvalue weighted by Crippen LogP contribution is 2.24. The van der Waals surface area contributed by atoms with Gasteiger partial charge in [-0.05, 0) is 48.7 Å². The largest absolute Gasteiger partial charge is 0.507 e. The Morgan fingerprint density at radius 2 is 1.73 bits per heavy atom. The number of Topliss-reactive ketones (excluding diaryl/α,β-unsaturated/α-hetero) is 1. The molecule has 0 radical (unpaired) electrons. The summed E-state index contributed by atoms with van der Waals surface area (Å²) in [7, 11) is 2.56. The van der Waals surface area contributed by atoms with Gasteiger partial charge < -0.3 is 10.8 Å². The fourth-order valence-corrected chi connectivity index (χ4v) is 2.60. The van der Waals surface area contributed by atoms with Gasteiger partial charge in [0.1, 0.15) is 28.8 Å². The highest BCUT2D eigenvalue weighted by Gasteiger charge is 2.23. The summed E-state index contributed by atoms with van der Waals surface area (Å²) in [4.78, 5) is 36.9. The van der Waals surface area contributed by atoms with Crippen molar-refractivity contribution in [3.05, 3.63) is 60.8 Å². The molecule has 1 aromatic carbocycles. The molecule has 0 aliphatic heterocycles. The number of hydrogen-bond acceptors (Lipinski definition) is 6. The SMILES string of the molecule is Cc1cc(/C=C(\C#N)C(=O)c2c(N)n(C)c(=O)n(C)c2=O)cc(C)c1O. The Morgan fingerprint density at radius 1 is 1.19 bits per heavy atom. The Morgan fingerprint density at radius 3 is 2.23 bits per heavy atom. The van der Waals surface area contributed by atoms with Crippen molar-refractivity contribution in [3.63, 3.8) is 0 Å². The third-order valence-electron chi connectivity index (χ3n) is 4.13. The molecular weight excluding hydrogens is 336 g/mol. The number of aryl methyl sites for hydroxylation is 2. The van der Waals surface area contributed by atoms with E-state index >= 15 is 0 Å². The number of nitriles is 1. The second kappa shape index (κ2) is 6.72. The number of hydrogen-bond donors (Lipinski definition) is 2. The topological polar surface area (TPSA) is 131 Å². The molecule has 0 atom stereocenters. The van der Waals surface area contributed by atoms with Crippen LogP contribution in [0.5, 0.6) is 5.75 Å². The summed E-state index contributed by atoms with van der Waals surface area (Å²) in [6.07, 6.45) is 1.31. The first kappa shape index (κ1) is 18.7. The van der Waals surface area contributed by atoms with E-state index in [0.29, 0.717) is 16.7 Å². The fraction of sp³-hybridized carbons (Fsp3) is 0.222. The molecule has 1 heterocycles. The van der Waals surface area contributed by atoms with E-state index in [0.717, 1.165) is 9.13 Å². The summed E-state index contributed by atoms with van der Waals surface area (Å²) in [6.45, 7) is 3.38. The normalized spacial score (nSPS) is 11.3. The molecule has 3 N–H and O–H groups in total. The molecule has 2 aromatic rings. The van der Waals surface area contributed by atoms with E-state index in [1.54, 1.807) is 32.0 Å². The van der Waals surface area contributed by atoms with Crippen LogP contribution in [0.1, 0.15) is 27.0 Å². The fourth-order valence-electron chi connectivity index (χ4n) is 2.60. The van der Waals surface area contributed by atoms with Crippen LogP contribution >= 0.6 is 0 Å². The van der Waals surface area contributed by atoms with Gasteiger partial charge >= 0.3 is 5.69 Å². The van der Waals surface area contributed by atoms with Gasteiger partial charge in [-0.25, -0.2) is 4.79 Å². The number of nitrogens with zero attached hydrogens (tertiary/aromatic N) is 3. The molecule has 8 nitrogen and oxygen atoms in total. The molecule has 0 bridgehead atoms. The first-order valence-corrected chi connectivity index (χ1v) is 7.62. The molecule has 1 aromatic heterocycles. The van der Waals surface area contributed by atoms with E-state index in [2.05, 4.69) is 0 Å². The number of nitrogen functional groups attached to an aromatic ring is 1. The highest BCUT2D eigenvalue weighted by molar-refractivity contribution is 6.16. The van der Waals surface area contributed by atoms with Crippen LogP contribution in [-0.2, 0) is 14.1 Å². The average Bonchev–Trinajstić information content (AvgIpc) is 2.60. The zero-order chi connectivity index (χ0) is 19.8. The number of phenolic OH excluding ortho intramolecular Hbond substituents is 1. The summed E-state index contributed by atoms with van der Waals surface area (Å²) in [5.41, 5.74) is 5.17. The van der Waals surface area contributed by atoms with Crippen LogP contribution in [0.15, 0.2) is 27.3 Å². The van der Waals surface area contributed by atoms with Crippen LogP contribution in [0.4, 0.5) is 5.82 Å². The maximum atomic E-state index is 12.7. The van der Waals surface area contributed by atoms with Crippen LogP contribution < -0.4 is 17.0 Å². The number of ketones is 1. The van der Waals surface area contributed by atoms with Crippen LogP contribution in [0.25, 0.3) is 6.08 Å². The first-order chi connectivity index (χ1) is 12.1. The number of rotatable bonds is 3. The third-order valence-corrected chi connectivity index (χ3v) is 4.13. The minimum Gasteiger partial charge on any atom is -0.507 e. The monoisotopic (exact) mass is 354 g/mol. The number of carbonyl (C=O) groups excluding carboxylic acids is 1. The second-order valence-corrected chi connectivity index (χ2v) is 5.97. The quantitative estimate of drug-likeness (QED) is 0.476. The molecule has 0 aliphatic rings.